The molecule has 4 aromatic rings. The number of rotatable bonds is 6. The van der Waals surface area contributed by atoms with Crippen molar-refractivity contribution in [3.05, 3.63) is 84.2 Å². The van der Waals surface area contributed by atoms with E-state index in [2.05, 4.69) is 30.9 Å². The van der Waals surface area contributed by atoms with Gasteiger partial charge in [0, 0.05) is 30.8 Å². The zero-order valence-electron chi connectivity index (χ0n) is 18.6. The zero-order valence-corrected chi connectivity index (χ0v) is 18.6. The van der Waals surface area contributed by atoms with Crippen LogP contribution in [0.3, 0.4) is 0 Å². The van der Waals surface area contributed by atoms with Crippen molar-refractivity contribution in [1.82, 2.24) is 15.0 Å². The number of nitrogens with zero attached hydrogens (tertiary/aromatic N) is 3. The number of carbonyl (C=O) groups is 1. The summed E-state index contributed by atoms with van der Waals surface area (Å²) in [6, 6.07) is 18.2. The second-order valence-electron chi connectivity index (χ2n) is 7.40. The van der Waals surface area contributed by atoms with Crippen molar-refractivity contribution in [2.45, 2.75) is 13.8 Å². The lowest BCUT2D eigenvalue weighted by atomic mass is 10.2. The summed E-state index contributed by atoms with van der Waals surface area (Å²) in [5, 5.41) is 8.62. The van der Waals surface area contributed by atoms with Gasteiger partial charge in [-0.3, -0.25) is 0 Å². The molecule has 2 amide bonds. The molecular weight excluding hydrogens is 416 g/mol. The molecule has 4 rings (SSSR count). The quantitative estimate of drug-likeness (QED) is 0.359. The minimum Gasteiger partial charge on any atom is -0.438 e. The highest BCUT2D eigenvalue weighted by molar-refractivity contribution is 6.00. The summed E-state index contributed by atoms with van der Waals surface area (Å²) >= 11 is 0. The van der Waals surface area contributed by atoms with E-state index in [-0.39, 0.29) is 6.03 Å². The van der Waals surface area contributed by atoms with Crippen LogP contribution in [0.25, 0.3) is 11.3 Å². The molecule has 0 atom stereocenters. The van der Waals surface area contributed by atoms with Gasteiger partial charge in [0.2, 0.25) is 11.8 Å². The van der Waals surface area contributed by atoms with Gasteiger partial charge in [-0.05, 0) is 67.9 Å². The first-order chi connectivity index (χ1) is 16.0. The molecule has 0 aliphatic rings. The van der Waals surface area contributed by atoms with Gasteiger partial charge in [0.15, 0.2) is 0 Å². The fraction of sp³-hybridized carbons (Fsp3) is 0.120. The Balaban J connectivity index is 1.49. The maximum Gasteiger partial charge on any atom is 0.323 e. The summed E-state index contributed by atoms with van der Waals surface area (Å²) in [6.45, 7) is 3.90. The van der Waals surface area contributed by atoms with Crippen molar-refractivity contribution < 1.29 is 9.53 Å². The highest BCUT2D eigenvalue weighted by atomic mass is 16.5. The molecule has 8 heteroatoms. The van der Waals surface area contributed by atoms with E-state index in [1.807, 2.05) is 56.3 Å². The molecule has 0 saturated heterocycles. The third-order valence-electron chi connectivity index (χ3n) is 4.90. The average molecular weight is 441 g/mol. The van der Waals surface area contributed by atoms with Crippen LogP contribution in [0, 0.1) is 13.8 Å². The van der Waals surface area contributed by atoms with Crippen LogP contribution >= 0.6 is 0 Å². The molecule has 0 unspecified atom stereocenters. The lowest BCUT2D eigenvalue weighted by molar-refractivity contribution is 0.262. The van der Waals surface area contributed by atoms with Gasteiger partial charge in [0.25, 0.3) is 0 Å². The maximum absolute atomic E-state index is 12.4. The summed E-state index contributed by atoms with van der Waals surface area (Å²) in [4.78, 5) is 25.4. The van der Waals surface area contributed by atoms with Crippen LogP contribution in [0.1, 0.15) is 11.1 Å². The van der Waals surface area contributed by atoms with Crippen LogP contribution < -0.4 is 20.7 Å². The molecule has 0 bridgehead atoms. The molecule has 0 aliphatic carbocycles. The number of benzene rings is 2. The molecule has 0 aliphatic heterocycles. The Kier molecular flexibility index (Phi) is 6.45. The van der Waals surface area contributed by atoms with Crippen LogP contribution in [-0.2, 0) is 0 Å². The molecule has 33 heavy (non-hydrogen) atoms. The van der Waals surface area contributed by atoms with E-state index in [4.69, 9.17) is 4.74 Å². The van der Waals surface area contributed by atoms with E-state index in [1.54, 1.807) is 37.6 Å². The minimum atomic E-state index is -0.313. The normalized spacial score (nSPS) is 10.4. The zero-order chi connectivity index (χ0) is 23.2. The number of anilines is 3. The molecule has 0 radical (unpaired) electrons. The number of urea groups is 1. The molecule has 2 aromatic heterocycles. The van der Waals surface area contributed by atoms with Crippen LogP contribution in [0.15, 0.2) is 73.1 Å². The lowest BCUT2D eigenvalue weighted by Gasteiger charge is -2.13. The Bertz CT molecular complexity index is 1270. The van der Waals surface area contributed by atoms with E-state index in [9.17, 15) is 4.79 Å². The summed E-state index contributed by atoms with van der Waals surface area (Å²) in [7, 11) is 1.76. The predicted octanol–water partition coefficient (Wildman–Crippen LogP) is 5.63. The summed E-state index contributed by atoms with van der Waals surface area (Å²) in [5.41, 5.74) is 4.83. The van der Waals surface area contributed by atoms with E-state index >= 15 is 0 Å². The van der Waals surface area contributed by atoms with E-state index < -0.39 is 0 Å². The third-order valence-corrected chi connectivity index (χ3v) is 4.90. The number of nitrogens with one attached hydrogen (secondary N) is 3. The fourth-order valence-corrected chi connectivity index (χ4v) is 3.17. The summed E-state index contributed by atoms with van der Waals surface area (Å²) in [6.07, 6.45) is 3.34. The minimum absolute atomic E-state index is 0.313. The van der Waals surface area contributed by atoms with Crippen LogP contribution in [-0.4, -0.2) is 28.0 Å². The molecule has 166 valence electrons. The largest absolute Gasteiger partial charge is 0.438 e. The van der Waals surface area contributed by atoms with Crippen molar-refractivity contribution in [3.63, 3.8) is 0 Å². The predicted molar refractivity (Wildman–Crippen MR) is 130 cm³/mol. The van der Waals surface area contributed by atoms with Crippen molar-refractivity contribution in [2.24, 2.45) is 0 Å². The molecule has 3 N–H and O–H groups in total. The van der Waals surface area contributed by atoms with Crippen LogP contribution in [0.5, 0.6) is 11.6 Å². The number of aryl methyl sites for hydroxylation is 2. The number of ether oxygens (including phenoxy) is 1. The van der Waals surface area contributed by atoms with E-state index in [1.165, 1.54) is 0 Å². The molecule has 8 nitrogen and oxygen atoms in total. The first kappa shape index (κ1) is 21.8. The number of carbonyl (C=O) groups excluding carboxylic acids is 1. The second kappa shape index (κ2) is 9.78. The first-order valence-corrected chi connectivity index (χ1v) is 10.4. The second-order valence-corrected chi connectivity index (χ2v) is 7.40. The van der Waals surface area contributed by atoms with Crippen LogP contribution in [0.2, 0.25) is 0 Å². The van der Waals surface area contributed by atoms with Crippen molar-refractivity contribution in [2.75, 3.05) is 23.0 Å². The van der Waals surface area contributed by atoms with Gasteiger partial charge in [-0.1, -0.05) is 17.7 Å². The molecule has 2 heterocycles. The van der Waals surface area contributed by atoms with Crippen molar-refractivity contribution in [1.29, 1.82) is 0 Å². The summed E-state index contributed by atoms with van der Waals surface area (Å²) in [5.74, 6) is 1.54. The Morgan fingerprint density at radius 3 is 2.48 bits per heavy atom. The maximum atomic E-state index is 12.4. The van der Waals surface area contributed by atoms with Gasteiger partial charge in [-0.25, -0.2) is 19.7 Å². The standard InChI is InChI=1S/C25H24N6O2/c1-16-6-8-18(9-7-16)29-25(32)31-21-11-10-19(15-17(21)2)33-23-20(5-4-13-27-23)22-12-14-28-24(26-3)30-22/h4-15H,1-3H3,(H,26,28,30)(H2,29,31,32). The molecule has 0 saturated carbocycles. The Labute approximate surface area is 192 Å². The van der Waals surface area contributed by atoms with Crippen molar-refractivity contribution in [3.8, 4) is 22.9 Å². The average Bonchev–Trinajstić information content (AvgIpc) is 2.83. The van der Waals surface area contributed by atoms with Gasteiger partial charge >= 0.3 is 6.03 Å². The Hall–Kier alpha value is -4.46. The topological polar surface area (TPSA) is 101 Å². The lowest BCUT2D eigenvalue weighted by Crippen LogP contribution is -2.19. The fourth-order valence-electron chi connectivity index (χ4n) is 3.17. The number of aromatic nitrogens is 3. The highest BCUT2D eigenvalue weighted by Crippen LogP contribution is 2.32. The van der Waals surface area contributed by atoms with Gasteiger partial charge in [-0.2, -0.15) is 0 Å². The Morgan fingerprint density at radius 2 is 1.73 bits per heavy atom. The van der Waals surface area contributed by atoms with E-state index in [0.29, 0.717) is 29.0 Å². The molecular formula is C25H24N6O2. The van der Waals surface area contributed by atoms with Gasteiger partial charge in [0.05, 0.1) is 11.3 Å². The molecule has 0 fully saturated rings. The number of hydrogen-bond acceptors (Lipinski definition) is 6. The monoisotopic (exact) mass is 440 g/mol. The third kappa shape index (κ3) is 5.43. The number of hydrogen-bond donors (Lipinski definition) is 3. The number of pyridine rings is 1. The SMILES string of the molecule is CNc1nccc(-c2cccnc2Oc2ccc(NC(=O)Nc3ccc(C)cc3)c(C)c2)n1. The van der Waals surface area contributed by atoms with Gasteiger partial charge in [-0.15, -0.1) is 0 Å². The Morgan fingerprint density at radius 1 is 0.909 bits per heavy atom. The highest BCUT2D eigenvalue weighted by Gasteiger charge is 2.12. The van der Waals surface area contributed by atoms with Crippen molar-refractivity contribution >= 4 is 23.4 Å². The smallest absolute Gasteiger partial charge is 0.323 e. The van der Waals surface area contributed by atoms with Crippen LogP contribution in [0.4, 0.5) is 22.1 Å². The van der Waals surface area contributed by atoms with Gasteiger partial charge in [0.1, 0.15) is 5.75 Å². The summed E-state index contributed by atoms with van der Waals surface area (Å²) < 4.78 is 6.06. The molecule has 0 spiro atoms. The van der Waals surface area contributed by atoms with Gasteiger partial charge < -0.3 is 20.7 Å². The molecule has 2 aromatic carbocycles. The first-order valence-electron chi connectivity index (χ1n) is 10.4. The number of amides is 2. The van der Waals surface area contributed by atoms with E-state index in [0.717, 1.165) is 22.4 Å².